The van der Waals surface area contributed by atoms with Crippen molar-refractivity contribution in [1.29, 1.82) is 0 Å². The zero-order valence-electron chi connectivity index (χ0n) is 14.1. The van der Waals surface area contributed by atoms with E-state index in [1.54, 1.807) is 13.8 Å². The van der Waals surface area contributed by atoms with E-state index in [-0.39, 0.29) is 12.2 Å². The van der Waals surface area contributed by atoms with Crippen molar-refractivity contribution in [3.05, 3.63) is 4.13 Å². The number of hydrogen-bond donors (Lipinski definition) is 2. The monoisotopic (exact) mass is 442 g/mol. The molecule has 2 unspecified atom stereocenters. The first-order valence-electron chi connectivity index (χ1n) is 6.59. The lowest BCUT2D eigenvalue weighted by molar-refractivity contribution is -0.895. The van der Waals surface area contributed by atoms with E-state index in [2.05, 4.69) is 0 Å². The van der Waals surface area contributed by atoms with E-state index in [0.717, 1.165) is 4.13 Å². The van der Waals surface area contributed by atoms with Crippen LogP contribution in [0.4, 0.5) is 26.3 Å². The van der Waals surface area contributed by atoms with E-state index in [0.29, 0.717) is 17.6 Å². The van der Waals surface area contributed by atoms with Crippen molar-refractivity contribution in [2.24, 2.45) is 0 Å². The van der Waals surface area contributed by atoms with Gasteiger partial charge in [0, 0.05) is 0 Å². The third-order valence-electron chi connectivity index (χ3n) is 2.30. The summed E-state index contributed by atoms with van der Waals surface area (Å²) in [6, 6.07) is 0. The van der Waals surface area contributed by atoms with Crippen LogP contribution < -0.4 is 0 Å². The smallest absolute Gasteiger partial charge is 0.421 e. The second-order valence-electron chi connectivity index (χ2n) is 5.92. The Morgan fingerprint density at radius 1 is 0.808 bits per heavy atom. The Morgan fingerprint density at radius 3 is 1.19 bits per heavy atom. The Balaban J connectivity index is 0. The van der Waals surface area contributed by atoms with Crippen LogP contribution in [0.25, 0.3) is 4.13 Å². The normalized spacial score (nSPS) is 16.5. The van der Waals surface area contributed by atoms with Crippen LogP contribution in [0, 0.1) is 0 Å². The molecule has 0 fully saturated rings. The molecule has 0 aliphatic rings. The molecule has 160 valence electrons. The zero-order valence-corrected chi connectivity index (χ0v) is 15.7. The molecule has 8 nitrogen and oxygen atoms in total. The molecule has 0 rings (SSSR count). The number of aliphatic hydroxyl groups is 2. The standard InChI is InChI=1S/C8H20NO2.C2F6NO4S2/c1-7(10)5-9(3,4)6-8(2)11;3-1(4,5)14(10,11)9-15(12,13)2(6,7)8/h7-8,10-11H,5-6H2,1-4H3;/q+1;-1. The van der Waals surface area contributed by atoms with E-state index < -0.39 is 31.1 Å². The van der Waals surface area contributed by atoms with Gasteiger partial charge in [-0.3, -0.25) is 0 Å². The molecule has 0 bridgehead atoms. The number of sulfonamides is 2. The van der Waals surface area contributed by atoms with Gasteiger partial charge in [-0.2, -0.15) is 26.3 Å². The maximum atomic E-state index is 11.4. The summed E-state index contributed by atoms with van der Waals surface area (Å²) in [6.45, 7) is 4.90. The fourth-order valence-corrected chi connectivity index (χ4v) is 3.43. The highest BCUT2D eigenvalue weighted by molar-refractivity contribution is 8.13. The van der Waals surface area contributed by atoms with Crippen LogP contribution in [0.15, 0.2) is 0 Å². The van der Waals surface area contributed by atoms with E-state index >= 15 is 0 Å². The topological polar surface area (TPSA) is 123 Å². The number of aliphatic hydroxyl groups excluding tert-OH is 2. The van der Waals surface area contributed by atoms with Crippen LogP contribution in [0.3, 0.4) is 0 Å². The van der Waals surface area contributed by atoms with Crippen LogP contribution in [-0.2, 0) is 20.0 Å². The highest BCUT2D eigenvalue weighted by atomic mass is 32.3. The van der Waals surface area contributed by atoms with Gasteiger partial charge in [0.1, 0.15) is 25.3 Å². The number of likely N-dealkylation sites (N-methyl/N-ethyl adjacent to an activating group) is 1. The molecule has 2 N–H and O–H groups in total. The minimum Gasteiger partial charge on any atom is -0.421 e. The molecule has 0 saturated heterocycles. The van der Waals surface area contributed by atoms with Gasteiger partial charge >= 0.3 is 11.0 Å². The van der Waals surface area contributed by atoms with Gasteiger partial charge in [0.15, 0.2) is 20.0 Å². The van der Waals surface area contributed by atoms with Crippen molar-refractivity contribution in [2.45, 2.75) is 37.1 Å². The second kappa shape index (κ2) is 9.01. The first-order chi connectivity index (χ1) is 11.0. The van der Waals surface area contributed by atoms with Crippen LogP contribution in [0.2, 0.25) is 0 Å². The third kappa shape index (κ3) is 10.5. The number of halogens is 6. The Hall–Kier alpha value is -0.680. The Bertz CT molecular complexity index is 586. The van der Waals surface area contributed by atoms with Gasteiger partial charge < -0.3 is 18.8 Å². The average molecular weight is 442 g/mol. The summed E-state index contributed by atoms with van der Waals surface area (Å²) in [4.78, 5) is 0. The molecule has 0 aromatic heterocycles. The molecule has 0 saturated carbocycles. The number of hydrogen-bond acceptors (Lipinski definition) is 6. The number of nitrogens with zero attached hydrogens (tertiary/aromatic N) is 2. The quantitative estimate of drug-likeness (QED) is 0.465. The Kier molecular flexibility index (Phi) is 9.54. The molecule has 0 aromatic rings. The van der Waals surface area contributed by atoms with Crippen molar-refractivity contribution in [2.75, 3.05) is 27.2 Å². The summed E-state index contributed by atoms with van der Waals surface area (Å²) >= 11 is 0. The summed E-state index contributed by atoms with van der Waals surface area (Å²) in [6.07, 6.45) is -0.604. The lowest BCUT2D eigenvalue weighted by atomic mass is 10.3. The SMILES string of the molecule is CC(O)C[N+](C)(C)CC(C)O.O=S(=O)([N-]S(=O)(=O)C(F)(F)F)C(F)(F)F. The highest BCUT2D eigenvalue weighted by Crippen LogP contribution is 2.36. The lowest BCUT2D eigenvalue weighted by Crippen LogP contribution is -2.48. The van der Waals surface area contributed by atoms with Crippen molar-refractivity contribution < 1.29 is 57.9 Å². The van der Waals surface area contributed by atoms with Gasteiger partial charge in [-0.1, -0.05) is 0 Å². The van der Waals surface area contributed by atoms with Gasteiger partial charge in [0.05, 0.1) is 14.1 Å². The minimum absolute atomic E-state index is 0.302. The maximum Gasteiger partial charge on any atom is 0.480 e. The van der Waals surface area contributed by atoms with Gasteiger partial charge in [0.2, 0.25) is 0 Å². The summed E-state index contributed by atoms with van der Waals surface area (Å²) in [5.41, 5.74) is -12.4. The molecule has 2 atom stereocenters. The second-order valence-corrected chi connectivity index (χ2v) is 9.34. The van der Waals surface area contributed by atoms with E-state index in [1.165, 1.54) is 0 Å². The van der Waals surface area contributed by atoms with Crippen molar-refractivity contribution in [3.63, 3.8) is 0 Å². The van der Waals surface area contributed by atoms with E-state index in [1.807, 2.05) is 14.1 Å². The maximum absolute atomic E-state index is 11.4. The fourth-order valence-electron chi connectivity index (χ4n) is 1.72. The van der Waals surface area contributed by atoms with Gasteiger partial charge in [-0.15, -0.1) is 0 Å². The van der Waals surface area contributed by atoms with Crippen LogP contribution in [-0.4, -0.2) is 81.9 Å². The molecular weight excluding hydrogens is 422 g/mol. The number of alkyl halides is 6. The Labute approximate surface area is 147 Å². The van der Waals surface area contributed by atoms with Gasteiger partial charge in [-0.05, 0) is 13.8 Å². The van der Waals surface area contributed by atoms with Crippen LogP contribution in [0.1, 0.15) is 13.8 Å². The third-order valence-corrected chi connectivity index (χ3v) is 5.04. The predicted molar refractivity (Wildman–Crippen MR) is 78.5 cm³/mol. The van der Waals surface area contributed by atoms with Gasteiger partial charge in [0.25, 0.3) is 0 Å². The molecule has 16 heteroatoms. The van der Waals surface area contributed by atoms with Crippen molar-refractivity contribution in [1.82, 2.24) is 0 Å². The summed E-state index contributed by atoms with van der Waals surface area (Å²) in [5, 5.41) is 18.2. The van der Waals surface area contributed by atoms with Crippen LogP contribution >= 0.6 is 0 Å². The fraction of sp³-hybridized carbons (Fsp3) is 1.00. The average Bonchev–Trinajstić information content (AvgIpc) is 2.19. The zero-order chi connectivity index (χ0) is 21.8. The summed E-state index contributed by atoms with van der Waals surface area (Å²) in [5.74, 6) is 0. The summed E-state index contributed by atoms with van der Waals surface area (Å²) < 4.78 is 110. The van der Waals surface area contributed by atoms with E-state index in [9.17, 15) is 43.2 Å². The number of quaternary nitrogens is 1. The molecule has 0 aromatic carbocycles. The minimum atomic E-state index is -6.72. The lowest BCUT2D eigenvalue weighted by Gasteiger charge is -2.31. The highest BCUT2D eigenvalue weighted by Gasteiger charge is 2.46. The first kappa shape index (κ1) is 27.5. The molecule has 26 heavy (non-hydrogen) atoms. The van der Waals surface area contributed by atoms with E-state index in [4.69, 9.17) is 10.2 Å². The molecule has 0 heterocycles. The largest absolute Gasteiger partial charge is 0.480 e. The van der Waals surface area contributed by atoms with Crippen molar-refractivity contribution in [3.8, 4) is 0 Å². The van der Waals surface area contributed by atoms with Crippen LogP contribution in [0.5, 0.6) is 0 Å². The molecule has 0 aliphatic carbocycles. The molecule has 0 radical (unpaired) electrons. The van der Waals surface area contributed by atoms with Crippen molar-refractivity contribution >= 4 is 20.0 Å². The summed E-state index contributed by atoms with van der Waals surface area (Å²) in [7, 11) is -9.44. The van der Waals surface area contributed by atoms with Gasteiger partial charge in [-0.25, -0.2) is 16.8 Å². The first-order valence-corrected chi connectivity index (χ1v) is 9.47. The predicted octanol–water partition coefficient (Wildman–Crippen LogP) is 0.884. The number of rotatable bonds is 6. The molecule has 0 aliphatic heterocycles. The molecule has 0 spiro atoms. The Morgan fingerprint density at radius 2 is 1.04 bits per heavy atom. The molecule has 0 amide bonds. The molecular formula is C10H20F6N2O6S2.